The third kappa shape index (κ3) is 15.6. The molecule has 1 radical (unpaired) electrons. The minimum atomic E-state index is -0.744. The van der Waals surface area contributed by atoms with Gasteiger partial charge in [-0.2, -0.15) is 0 Å². The van der Waals surface area contributed by atoms with Crippen LogP contribution in [0, 0.1) is 44.1 Å². The SMILES string of the molecule is CNCC(=O)N(CC(=O)NC)CC(=O)NCC(=O)N(CNC(=O)C[NH-])CC(=O)NCC(C)=O.[Ac]. The zero-order valence-electron chi connectivity index (χ0n) is 19.5. The van der Waals surface area contributed by atoms with Gasteiger partial charge in [0.2, 0.25) is 29.5 Å². The predicted molar refractivity (Wildman–Crippen MR) is 115 cm³/mol. The molecule has 6 N–H and O–H groups in total. The van der Waals surface area contributed by atoms with Crippen LogP contribution in [0.5, 0.6) is 0 Å². The number of likely N-dealkylation sites (N-methyl/N-ethyl adjacent to an activating group) is 2. The quantitative estimate of drug-likeness (QED) is 0.105. The molecular weight excluding hydrogens is 667 g/mol. The topological polar surface area (TPSA) is 210 Å². The number of hydrogen-bond acceptors (Lipinski definition) is 8. The number of carbonyl (C=O) groups is 7. The summed E-state index contributed by atoms with van der Waals surface area (Å²) < 4.78 is 0. The standard InChI is InChI=1S/C18H31N8O7.Ac/c1-12(27)5-22-16(31)10-26(11-24-13(28)4-19)18(33)7-23-15(30)9-25(8-14(29)21-3)17(32)6-20-2;/h19-20H,4-11H2,1-3H3,(H,21,29)(H,22,31)(H,23,30)(H,24,28);/q-1;. The molecule has 6 amide bonds. The molecule has 0 saturated heterocycles. The number of ketones is 1. The third-order valence-corrected chi connectivity index (χ3v) is 3.91. The van der Waals surface area contributed by atoms with Crippen LogP contribution in [0.25, 0.3) is 5.73 Å². The molecule has 0 aliphatic carbocycles. The van der Waals surface area contributed by atoms with Crippen LogP contribution in [0.2, 0.25) is 0 Å². The average molecular weight is 698 g/mol. The average Bonchev–Trinajstić information content (AvgIpc) is 2.77. The molecule has 0 aliphatic heterocycles. The fraction of sp³-hybridized carbons (Fsp3) is 0.611. The van der Waals surface area contributed by atoms with Gasteiger partial charge >= 0.3 is 0 Å². The number of amides is 6. The maximum atomic E-state index is 12.5. The smallest absolute Gasteiger partial charge is 0.243 e. The van der Waals surface area contributed by atoms with Crippen molar-refractivity contribution in [3.05, 3.63) is 5.73 Å². The van der Waals surface area contributed by atoms with E-state index in [0.717, 1.165) is 9.80 Å². The second-order valence-corrected chi connectivity index (χ2v) is 6.74. The molecule has 0 aromatic carbocycles. The number of nitrogens with zero attached hydrogens (tertiary/aromatic N) is 2. The summed E-state index contributed by atoms with van der Waals surface area (Å²) in [5, 5.41) is 11.8. The van der Waals surface area contributed by atoms with Gasteiger partial charge in [0.1, 0.15) is 25.4 Å². The van der Waals surface area contributed by atoms with Gasteiger partial charge in [0.05, 0.1) is 26.3 Å². The number of carbonyl (C=O) groups excluding carboxylic acids is 7. The zero-order valence-corrected chi connectivity index (χ0v) is 24.2. The summed E-state index contributed by atoms with van der Waals surface area (Å²) in [5.41, 5.74) is 6.99. The van der Waals surface area contributed by atoms with Crippen LogP contribution in [-0.2, 0) is 33.6 Å². The van der Waals surface area contributed by atoms with Gasteiger partial charge in [-0.25, -0.2) is 0 Å². The number of Topliss-reactive ketones (excluding diaryl/α,β-unsaturated/α-hetero) is 1. The largest absolute Gasteiger partial charge is 0.670 e. The van der Waals surface area contributed by atoms with Gasteiger partial charge in [-0.1, -0.05) is 6.54 Å². The minimum Gasteiger partial charge on any atom is -0.670 e. The van der Waals surface area contributed by atoms with Crippen molar-refractivity contribution in [2.24, 2.45) is 0 Å². The number of nitrogens with one attached hydrogen (secondary N) is 6. The van der Waals surface area contributed by atoms with Gasteiger partial charge in [-0.05, 0) is 14.0 Å². The van der Waals surface area contributed by atoms with Crippen molar-refractivity contribution in [2.45, 2.75) is 6.92 Å². The second kappa shape index (κ2) is 19.2. The van der Waals surface area contributed by atoms with E-state index in [0.29, 0.717) is 0 Å². The summed E-state index contributed by atoms with van der Waals surface area (Å²) in [5.74, 6) is -4.13. The van der Waals surface area contributed by atoms with Crippen LogP contribution in [0.1, 0.15) is 6.92 Å². The Morgan fingerprint density at radius 1 is 0.676 bits per heavy atom. The predicted octanol–water partition coefficient (Wildman–Crippen LogP) is -4.44. The fourth-order valence-corrected chi connectivity index (χ4v) is 2.19. The van der Waals surface area contributed by atoms with Crippen LogP contribution >= 0.6 is 0 Å². The van der Waals surface area contributed by atoms with E-state index in [2.05, 4.69) is 26.6 Å². The molecule has 0 aromatic heterocycles. The molecule has 0 aromatic rings. The molecule has 0 unspecified atom stereocenters. The van der Waals surface area contributed by atoms with Crippen LogP contribution in [0.15, 0.2) is 0 Å². The summed E-state index contributed by atoms with van der Waals surface area (Å²) in [6.07, 6.45) is 0. The van der Waals surface area contributed by atoms with Crippen LogP contribution < -0.4 is 26.6 Å². The van der Waals surface area contributed by atoms with Crippen LogP contribution in [0.4, 0.5) is 0 Å². The van der Waals surface area contributed by atoms with Crippen molar-refractivity contribution < 1.29 is 77.6 Å². The summed E-state index contributed by atoms with van der Waals surface area (Å²) in [4.78, 5) is 84.6. The first-order valence-corrected chi connectivity index (χ1v) is 9.88. The maximum Gasteiger partial charge on any atom is 0.243 e. The van der Waals surface area contributed by atoms with Crippen molar-refractivity contribution in [1.82, 2.24) is 36.4 Å². The van der Waals surface area contributed by atoms with Crippen molar-refractivity contribution in [2.75, 3.05) is 66.6 Å². The monoisotopic (exact) mass is 698 g/mol. The summed E-state index contributed by atoms with van der Waals surface area (Å²) >= 11 is 0. The fourth-order valence-electron chi connectivity index (χ4n) is 2.19. The van der Waals surface area contributed by atoms with E-state index in [1.54, 1.807) is 0 Å². The van der Waals surface area contributed by atoms with Crippen molar-refractivity contribution in [3.8, 4) is 0 Å². The Morgan fingerprint density at radius 2 is 1.18 bits per heavy atom. The van der Waals surface area contributed by atoms with E-state index < -0.39 is 68.3 Å². The Hall–Kier alpha value is -2.15. The summed E-state index contributed by atoms with van der Waals surface area (Å²) in [6.45, 7) is -1.99. The van der Waals surface area contributed by atoms with E-state index in [4.69, 9.17) is 5.73 Å². The van der Waals surface area contributed by atoms with Gasteiger partial charge in [0.25, 0.3) is 0 Å². The van der Waals surface area contributed by atoms with E-state index in [1.807, 2.05) is 0 Å². The van der Waals surface area contributed by atoms with Gasteiger partial charge in [-0.15, -0.1) is 0 Å². The van der Waals surface area contributed by atoms with Gasteiger partial charge in [0.15, 0.2) is 5.91 Å². The molecule has 0 atom stereocenters. The zero-order chi connectivity index (χ0) is 25.4. The first kappa shape index (κ1) is 34.0. The van der Waals surface area contributed by atoms with Crippen LogP contribution in [-0.4, -0.2) is 118 Å². The summed E-state index contributed by atoms with van der Waals surface area (Å²) in [7, 11) is 2.90. The Morgan fingerprint density at radius 3 is 1.68 bits per heavy atom. The van der Waals surface area contributed by atoms with Crippen molar-refractivity contribution in [3.63, 3.8) is 0 Å². The Kier molecular flexibility index (Phi) is 19.2. The van der Waals surface area contributed by atoms with E-state index in [-0.39, 0.29) is 69.5 Å². The Bertz CT molecular complexity index is 750. The molecule has 0 bridgehead atoms. The van der Waals surface area contributed by atoms with Crippen LogP contribution in [0.3, 0.4) is 0 Å². The molecule has 16 heteroatoms. The molecule has 34 heavy (non-hydrogen) atoms. The van der Waals surface area contributed by atoms with E-state index in [1.165, 1.54) is 21.0 Å². The molecule has 0 spiro atoms. The van der Waals surface area contributed by atoms with E-state index >= 15 is 0 Å². The Balaban J connectivity index is 0. The molecule has 0 fully saturated rings. The molecular formula is C18H31AcN8O7-. The molecule has 0 rings (SSSR count). The normalized spacial score (nSPS) is 9.65. The molecule has 189 valence electrons. The molecule has 0 saturated carbocycles. The number of rotatable bonds is 15. The third-order valence-electron chi connectivity index (χ3n) is 3.91. The van der Waals surface area contributed by atoms with Gasteiger partial charge in [-0.3, -0.25) is 33.6 Å². The van der Waals surface area contributed by atoms with Crippen molar-refractivity contribution in [1.29, 1.82) is 0 Å². The minimum absolute atomic E-state index is 0. The van der Waals surface area contributed by atoms with Crippen molar-refractivity contribution >= 4 is 41.2 Å². The number of hydrogen-bond donors (Lipinski definition) is 5. The maximum absolute atomic E-state index is 12.5. The molecule has 0 heterocycles. The molecule has 0 aliphatic rings. The van der Waals surface area contributed by atoms with Gasteiger partial charge < -0.3 is 42.1 Å². The second-order valence-electron chi connectivity index (χ2n) is 6.74. The first-order chi connectivity index (χ1) is 15.5. The van der Waals surface area contributed by atoms with Gasteiger partial charge in [0, 0.05) is 51.1 Å². The van der Waals surface area contributed by atoms with E-state index in [9.17, 15) is 33.6 Å². The Labute approximate surface area is 233 Å². The first-order valence-electron chi connectivity index (χ1n) is 9.88. The summed E-state index contributed by atoms with van der Waals surface area (Å²) in [6, 6.07) is 0. The molecule has 15 nitrogen and oxygen atoms in total.